The topological polar surface area (TPSA) is 96.3 Å². The van der Waals surface area contributed by atoms with Crippen LogP contribution in [0.4, 0.5) is 4.79 Å². The molecule has 2 rings (SSSR count). The second-order valence-electron chi connectivity index (χ2n) is 4.78. The van der Waals surface area contributed by atoms with Crippen molar-refractivity contribution < 1.29 is 14.7 Å². The summed E-state index contributed by atoms with van der Waals surface area (Å²) in [4.78, 5) is 21.9. The third-order valence-corrected chi connectivity index (χ3v) is 2.97. The summed E-state index contributed by atoms with van der Waals surface area (Å²) in [5.41, 5.74) is 2.06. The average molecular weight is 302 g/mol. The summed E-state index contributed by atoms with van der Waals surface area (Å²) in [5.74, 6) is -0.938. The number of benzene rings is 1. The first-order chi connectivity index (χ1) is 10.6. The maximum atomic E-state index is 11.5. The molecule has 1 aromatic carbocycles. The van der Waals surface area contributed by atoms with Crippen molar-refractivity contribution in [2.45, 2.75) is 19.5 Å². The lowest BCUT2D eigenvalue weighted by Crippen LogP contribution is -2.36. The maximum Gasteiger partial charge on any atom is 0.315 e. The number of carboxylic acid groups (broad SMARTS) is 1. The Balaban J connectivity index is 1.80. The molecule has 0 spiro atoms. The van der Waals surface area contributed by atoms with Gasteiger partial charge in [-0.25, -0.2) is 4.79 Å². The predicted molar refractivity (Wildman–Crippen MR) is 80.3 cm³/mol. The highest BCUT2D eigenvalue weighted by molar-refractivity contribution is 5.74. The molecule has 0 saturated heterocycles. The van der Waals surface area contributed by atoms with Crippen molar-refractivity contribution in [2.24, 2.45) is 0 Å². The van der Waals surface area contributed by atoms with E-state index in [0.717, 1.165) is 11.1 Å². The molecule has 0 fully saturated rings. The predicted octanol–water partition coefficient (Wildman–Crippen LogP) is 1.21. The fourth-order valence-electron chi connectivity index (χ4n) is 1.95. The summed E-state index contributed by atoms with van der Waals surface area (Å²) in [6.45, 7) is 1.16. The van der Waals surface area contributed by atoms with E-state index in [0.29, 0.717) is 13.1 Å². The molecule has 0 saturated carbocycles. The van der Waals surface area contributed by atoms with Crippen molar-refractivity contribution in [3.05, 3.63) is 53.9 Å². The molecule has 0 aliphatic rings. The molecule has 0 aliphatic carbocycles. The van der Waals surface area contributed by atoms with E-state index >= 15 is 0 Å². The average Bonchev–Trinajstić information content (AvgIpc) is 2.98. The summed E-state index contributed by atoms with van der Waals surface area (Å²) >= 11 is 0. The van der Waals surface area contributed by atoms with Crippen LogP contribution in [-0.2, 0) is 17.9 Å². The highest BCUT2D eigenvalue weighted by atomic mass is 16.4. The molecule has 0 unspecified atom stereocenters. The van der Waals surface area contributed by atoms with Gasteiger partial charge in [0.1, 0.15) is 0 Å². The van der Waals surface area contributed by atoms with Crippen molar-refractivity contribution in [1.29, 1.82) is 0 Å². The molecule has 3 N–H and O–H groups in total. The van der Waals surface area contributed by atoms with Crippen LogP contribution in [-0.4, -0.2) is 33.4 Å². The van der Waals surface area contributed by atoms with Crippen LogP contribution in [0.25, 0.3) is 0 Å². The molecule has 0 bridgehead atoms. The Hall–Kier alpha value is -2.83. The van der Waals surface area contributed by atoms with E-state index in [4.69, 9.17) is 5.11 Å². The number of hydrogen-bond acceptors (Lipinski definition) is 3. The van der Waals surface area contributed by atoms with Gasteiger partial charge in [-0.1, -0.05) is 24.3 Å². The Bertz CT molecular complexity index is 625. The van der Waals surface area contributed by atoms with Gasteiger partial charge in [-0.05, 0) is 17.2 Å². The highest BCUT2D eigenvalue weighted by Gasteiger charge is 2.03. The van der Waals surface area contributed by atoms with Crippen molar-refractivity contribution in [3.63, 3.8) is 0 Å². The molecule has 2 amide bonds. The largest absolute Gasteiger partial charge is 0.481 e. The molecule has 0 atom stereocenters. The van der Waals surface area contributed by atoms with Crippen molar-refractivity contribution in [2.75, 3.05) is 6.54 Å². The van der Waals surface area contributed by atoms with Crippen LogP contribution >= 0.6 is 0 Å². The molecule has 2 aromatic rings. The molecule has 1 heterocycles. The van der Waals surface area contributed by atoms with Gasteiger partial charge in [0.05, 0.1) is 13.0 Å². The SMILES string of the molecule is O=C(O)CCNC(=O)NCc1cccc(Cn2cccn2)c1. The van der Waals surface area contributed by atoms with Crippen molar-refractivity contribution in [3.8, 4) is 0 Å². The van der Waals surface area contributed by atoms with Crippen molar-refractivity contribution >= 4 is 12.0 Å². The van der Waals surface area contributed by atoms with Crippen LogP contribution in [0.5, 0.6) is 0 Å². The molecular weight excluding hydrogens is 284 g/mol. The summed E-state index contributed by atoms with van der Waals surface area (Å²) in [7, 11) is 0. The number of carbonyl (C=O) groups excluding carboxylic acids is 1. The molecule has 0 aliphatic heterocycles. The normalized spacial score (nSPS) is 10.2. The molecule has 22 heavy (non-hydrogen) atoms. The van der Waals surface area contributed by atoms with E-state index in [9.17, 15) is 9.59 Å². The van der Waals surface area contributed by atoms with Gasteiger partial charge < -0.3 is 15.7 Å². The number of urea groups is 1. The summed E-state index contributed by atoms with van der Waals surface area (Å²) in [6, 6.07) is 9.34. The first-order valence-electron chi connectivity index (χ1n) is 6.92. The summed E-state index contributed by atoms with van der Waals surface area (Å²) in [6.07, 6.45) is 3.53. The second kappa shape index (κ2) is 7.82. The molecule has 1 aromatic heterocycles. The van der Waals surface area contributed by atoms with Gasteiger partial charge >= 0.3 is 12.0 Å². The Labute approximate surface area is 128 Å². The van der Waals surface area contributed by atoms with Gasteiger partial charge in [0.2, 0.25) is 0 Å². The number of aliphatic carboxylic acids is 1. The minimum absolute atomic E-state index is 0.0905. The monoisotopic (exact) mass is 302 g/mol. The van der Waals surface area contributed by atoms with Crippen LogP contribution in [0.2, 0.25) is 0 Å². The number of hydrogen-bond donors (Lipinski definition) is 3. The Morgan fingerprint density at radius 2 is 2.00 bits per heavy atom. The van der Waals surface area contributed by atoms with Crippen LogP contribution in [0.1, 0.15) is 17.5 Å². The van der Waals surface area contributed by atoms with Crippen LogP contribution < -0.4 is 10.6 Å². The van der Waals surface area contributed by atoms with E-state index in [2.05, 4.69) is 15.7 Å². The minimum Gasteiger partial charge on any atom is -0.481 e. The standard InChI is InChI=1S/C15H18N4O3/c20-14(21)5-7-16-15(22)17-10-12-3-1-4-13(9-12)11-19-8-2-6-18-19/h1-4,6,8-9H,5,7,10-11H2,(H,20,21)(H2,16,17,22). The van der Waals surface area contributed by atoms with Crippen LogP contribution in [0, 0.1) is 0 Å². The molecular formula is C15H18N4O3. The number of aromatic nitrogens is 2. The lowest BCUT2D eigenvalue weighted by atomic mass is 10.1. The highest BCUT2D eigenvalue weighted by Crippen LogP contribution is 2.06. The Morgan fingerprint density at radius 3 is 2.73 bits per heavy atom. The van der Waals surface area contributed by atoms with E-state index < -0.39 is 5.97 Å². The van der Waals surface area contributed by atoms with Gasteiger partial charge in [0, 0.05) is 25.5 Å². The quantitative estimate of drug-likeness (QED) is 0.716. The minimum atomic E-state index is -0.938. The van der Waals surface area contributed by atoms with Gasteiger partial charge in [-0.3, -0.25) is 9.48 Å². The lowest BCUT2D eigenvalue weighted by molar-refractivity contribution is -0.136. The van der Waals surface area contributed by atoms with Gasteiger partial charge in [0.25, 0.3) is 0 Å². The van der Waals surface area contributed by atoms with Gasteiger partial charge in [-0.2, -0.15) is 5.10 Å². The molecule has 7 heteroatoms. The Morgan fingerprint density at radius 1 is 1.18 bits per heavy atom. The smallest absolute Gasteiger partial charge is 0.315 e. The lowest BCUT2D eigenvalue weighted by Gasteiger charge is -2.08. The van der Waals surface area contributed by atoms with E-state index in [1.165, 1.54) is 0 Å². The number of carboxylic acids is 1. The van der Waals surface area contributed by atoms with Gasteiger partial charge in [-0.15, -0.1) is 0 Å². The van der Waals surface area contributed by atoms with Crippen molar-refractivity contribution in [1.82, 2.24) is 20.4 Å². The summed E-state index contributed by atoms with van der Waals surface area (Å²) in [5, 5.41) is 17.8. The van der Waals surface area contributed by atoms with E-state index in [1.807, 2.05) is 41.2 Å². The van der Waals surface area contributed by atoms with Crippen LogP contribution in [0.15, 0.2) is 42.7 Å². The molecule has 7 nitrogen and oxygen atoms in total. The maximum absolute atomic E-state index is 11.5. The van der Waals surface area contributed by atoms with Crippen LogP contribution in [0.3, 0.4) is 0 Å². The zero-order valence-corrected chi connectivity index (χ0v) is 12.0. The first-order valence-corrected chi connectivity index (χ1v) is 6.92. The third-order valence-electron chi connectivity index (χ3n) is 2.97. The summed E-state index contributed by atoms with van der Waals surface area (Å²) < 4.78 is 1.82. The zero-order valence-electron chi connectivity index (χ0n) is 12.0. The van der Waals surface area contributed by atoms with E-state index in [1.54, 1.807) is 6.20 Å². The number of amides is 2. The molecule has 116 valence electrons. The fraction of sp³-hybridized carbons (Fsp3) is 0.267. The number of nitrogens with zero attached hydrogens (tertiary/aromatic N) is 2. The molecule has 0 radical (unpaired) electrons. The number of carbonyl (C=O) groups is 2. The van der Waals surface area contributed by atoms with E-state index in [-0.39, 0.29) is 19.0 Å². The zero-order chi connectivity index (χ0) is 15.8. The van der Waals surface area contributed by atoms with Gasteiger partial charge in [0.15, 0.2) is 0 Å². The number of rotatable bonds is 7. The second-order valence-corrected chi connectivity index (χ2v) is 4.78. The third kappa shape index (κ3) is 5.28. The number of nitrogens with one attached hydrogen (secondary N) is 2. The fourth-order valence-corrected chi connectivity index (χ4v) is 1.95. The Kier molecular flexibility index (Phi) is 5.53. The first kappa shape index (κ1) is 15.6.